The SMILES string of the molecule is CNC(=O)c1ccc(-c2cccc3c(Cl)c(C(C)Nc4ncnc5[nH]ccc(=O)c45)n(-c4ccccc4)c(=O)c23)cc1. The Hall–Kier alpha value is -5.28. The molecule has 1 atom stereocenters. The average molecular weight is 577 g/mol. The molecule has 9 nitrogen and oxygen atoms in total. The van der Waals surface area contributed by atoms with Gasteiger partial charge in [-0.2, -0.15) is 0 Å². The number of halogens is 1. The van der Waals surface area contributed by atoms with Crippen molar-refractivity contribution in [1.29, 1.82) is 0 Å². The van der Waals surface area contributed by atoms with Gasteiger partial charge in [0.15, 0.2) is 5.43 Å². The number of amides is 1. The molecule has 208 valence electrons. The largest absolute Gasteiger partial charge is 0.361 e. The highest BCUT2D eigenvalue weighted by atomic mass is 35.5. The zero-order chi connectivity index (χ0) is 29.4. The fourth-order valence-electron chi connectivity index (χ4n) is 5.22. The number of aromatic amines is 1. The fraction of sp³-hybridized carbons (Fsp3) is 0.0938. The van der Waals surface area contributed by atoms with Gasteiger partial charge in [-0.05, 0) is 42.3 Å². The predicted octanol–water partition coefficient (Wildman–Crippen LogP) is 5.48. The number of aromatic nitrogens is 4. The molecular formula is C32H25ClN6O3. The molecule has 0 fully saturated rings. The number of rotatable bonds is 6. The third-order valence-corrected chi connectivity index (χ3v) is 7.59. The van der Waals surface area contributed by atoms with E-state index in [1.807, 2.05) is 67.6 Å². The van der Waals surface area contributed by atoms with Crippen LogP contribution in [0.5, 0.6) is 0 Å². The van der Waals surface area contributed by atoms with Crippen molar-refractivity contribution in [2.24, 2.45) is 0 Å². The Balaban J connectivity index is 1.58. The number of H-pyrrole nitrogens is 1. The molecule has 0 aliphatic heterocycles. The minimum absolute atomic E-state index is 0.196. The molecule has 3 aromatic carbocycles. The first-order valence-corrected chi connectivity index (χ1v) is 13.6. The Bertz CT molecular complexity index is 2080. The van der Waals surface area contributed by atoms with Gasteiger partial charge in [-0.25, -0.2) is 9.97 Å². The standard InChI is InChI=1S/C32H25ClN6O3/c1-18(38-30-26-24(40)15-16-35-29(26)36-17-37-30)28-27(33)23-10-6-9-22(19-11-13-20(14-12-19)31(41)34-2)25(23)32(42)39(28)21-7-4-3-5-8-21/h3-18H,1-2H3,(H,34,41)(H2,35,36,37,38,40). The van der Waals surface area contributed by atoms with E-state index >= 15 is 0 Å². The summed E-state index contributed by atoms with van der Waals surface area (Å²) >= 11 is 7.17. The number of carbonyl (C=O) groups excluding carboxylic acids is 1. The molecule has 0 radical (unpaired) electrons. The number of hydrogen-bond donors (Lipinski definition) is 3. The van der Waals surface area contributed by atoms with E-state index in [-0.39, 0.29) is 16.9 Å². The topological polar surface area (TPSA) is 122 Å². The summed E-state index contributed by atoms with van der Waals surface area (Å²) in [6.45, 7) is 1.86. The maximum absolute atomic E-state index is 14.5. The second-order valence-electron chi connectivity index (χ2n) is 9.71. The number of nitrogens with one attached hydrogen (secondary N) is 3. The molecule has 10 heteroatoms. The molecule has 0 aliphatic carbocycles. The van der Waals surface area contributed by atoms with Crippen LogP contribution in [0, 0.1) is 0 Å². The van der Waals surface area contributed by atoms with E-state index in [1.165, 1.54) is 18.6 Å². The zero-order valence-corrected chi connectivity index (χ0v) is 23.4. The maximum Gasteiger partial charge on any atom is 0.263 e. The van der Waals surface area contributed by atoms with Crippen LogP contribution in [0.3, 0.4) is 0 Å². The second-order valence-corrected chi connectivity index (χ2v) is 10.1. The number of benzene rings is 3. The van der Waals surface area contributed by atoms with E-state index in [1.54, 1.807) is 23.7 Å². The van der Waals surface area contributed by atoms with Crippen molar-refractivity contribution in [2.45, 2.75) is 13.0 Å². The number of hydrogen-bond acceptors (Lipinski definition) is 6. The van der Waals surface area contributed by atoms with E-state index in [9.17, 15) is 14.4 Å². The Morgan fingerprint density at radius 2 is 1.69 bits per heavy atom. The lowest BCUT2D eigenvalue weighted by Crippen LogP contribution is -2.27. The van der Waals surface area contributed by atoms with Crippen LogP contribution in [0.1, 0.15) is 29.0 Å². The molecule has 0 saturated carbocycles. The molecule has 1 unspecified atom stereocenters. The molecule has 42 heavy (non-hydrogen) atoms. The van der Waals surface area contributed by atoms with Crippen LogP contribution in [0.4, 0.5) is 5.82 Å². The number of anilines is 1. The van der Waals surface area contributed by atoms with Gasteiger partial charge in [0.1, 0.15) is 23.2 Å². The van der Waals surface area contributed by atoms with E-state index < -0.39 is 6.04 Å². The van der Waals surface area contributed by atoms with Crippen LogP contribution in [0.2, 0.25) is 5.02 Å². The quantitative estimate of drug-likeness (QED) is 0.241. The van der Waals surface area contributed by atoms with Gasteiger partial charge in [-0.3, -0.25) is 19.0 Å². The molecule has 0 aliphatic rings. The van der Waals surface area contributed by atoms with Crippen LogP contribution >= 0.6 is 11.6 Å². The first kappa shape index (κ1) is 26.9. The molecule has 6 aromatic rings. The van der Waals surface area contributed by atoms with Crippen molar-refractivity contribution in [2.75, 3.05) is 12.4 Å². The third kappa shape index (κ3) is 4.59. The van der Waals surface area contributed by atoms with Gasteiger partial charge in [0.2, 0.25) is 0 Å². The number of carbonyl (C=O) groups is 1. The van der Waals surface area contributed by atoms with Crippen LogP contribution in [-0.2, 0) is 0 Å². The lowest BCUT2D eigenvalue weighted by atomic mass is 9.97. The zero-order valence-electron chi connectivity index (χ0n) is 22.7. The highest BCUT2D eigenvalue weighted by Gasteiger charge is 2.24. The minimum Gasteiger partial charge on any atom is -0.361 e. The summed E-state index contributed by atoms with van der Waals surface area (Å²) in [6.07, 6.45) is 2.89. The summed E-state index contributed by atoms with van der Waals surface area (Å²) in [7, 11) is 1.58. The van der Waals surface area contributed by atoms with E-state index in [0.717, 1.165) is 5.56 Å². The molecule has 0 saturated heterocycles. The number of para-hydroxylation sites is 1. The van der Waals surface area contributed by atoms with E-state index in [0.29, 0.717) is 55.2 Å². The normalized spacial score (nSPS) is 11.9. The van der Waals surface area contributed by atoms with E-state index in [4.69, 9.17) is 11.6 Å². The number of fused-ring (bicyclic) bond motifs is 2. The molecule has 0 spiro atoms. The van der Waals surface area contributed by atoms with Gasteiger partial charge in [0.25, 0.3) is 11.5 Å². The van der Waals surface area contributed by atoms with E-state index in [2.05, 4.69) is 25.6 Å². The van der Waals surface area contributed by atoms with Gasteiger partial charge in [0.05, 0.1) is 22.1 Å². The molecule has 3 heterocycles. The predicted molar refractivity (Wildman–Crippen MR) is 166 cm³/mol. The van der Waals surface area contributed by atoms with Crippen LogP contribution < -0.4 is 21.6 Å². The van der Waals surface area contributed by atoms with Gasteiger partial charge in [0, 0.05) is 35.9 Å². The molecular weight excluding hydrogens is 552 g/mol. The van der Waals surface area contributed by atoms with Gasteiger partial charge < -0.3 is 15.6 Å². The van der Waals surface area contributed by atoms with Gasteiger partial charge >= 0.3 is 0 Å². The maximum atomic E-state index is 14.5. The molecule has 6 rings (SSSR count). The minimum atomic E-state index is -0.553. The number of pyridine rings is 2. The summed E-state index contributed by atoms with van der Waals surface area (Å²) in [6, 6.07) is 22.7. The molecule has 3 N–H and O–H groups in total. The van der Waals surface area contributed by atoms with Crippen LogP contribution in [0.25, 0.3) is 38.6 Å². The van der Waals surface area contributed by atoms with Crippen molar-refractivity contribution >= 4 is 45.1 Å². The lowest BCUT2D eigenvalue weighted by Gasteiger charge is -2.24. The highest BCUT2D eigenvalue weighted by molar-refractivity contribution is 6.36. The summed E-state index contributed by atoms with van der Waals surface area (Å²) in [4.78, 5) is 50.7. The summed E-state index contributed by atoms with van der Waals surface area (Å²) in [5.74, 6) is 0.126. The Kier molecular flexibility index (Phi) is 7.02. The first-order valence-electron chi connectivity index (χ1n) is 13.2. The van der Waals surface area contributed by atoms with Gasteiger partial charge in [-0.1, -0.05) is 60.1 Å². The van der Waals surface area contributed by atoms with Crippen LogP contribution in [-0.4, -0.2) is 32.5 Å². The first-order chi connectivity index (χ1) is 20.4. The van der Waals surface area contributed by atoms with Crippen molar-refractivity contribution in [1.82, 2.24) is 24.8 Å². The Labute approximate surface area is 244 Å². The van der Waals surface area contributed by atoms with Crippen molar-refractivity contribution in [3.05, 3.63) is 128 Å². The van der Waals surface area contributed by atoms with Crippen molar-refractivity contribution in [3.63, 3.8) is 0 Å². The van der Waals surface area contributed by atoms with Gasteiger partial charge in [-0.15, -0.1) is 0 Å². The molecule has 3 aromatic heterocycles. The summed E-state index contributed by atoms with van der Waals surface area (Å²) < 4.78 is 1.60. The second kappa shape index (κ2) is 10.9. The summed E-state index contributed by atoms with van der Waals surface area (Å²) in [5, 5.41) is 7.62. The smallest absolute Gasteiger partial charge is 0.263 e. The number of nitrogens with zero attached hydrogens (tertiary/aromatic N) is 3. The highest BCUT2D eigenvalue weighted by Crippen LogP contribution is 2.36. The van der Waals surface area contributed by atoms with Crippen LogP contribution in [0.15, 0.2) is 101 Å². The third-order valence-electron chi connectivity index (χ3n) is 7.20. The van der Waals surface area contributed by atoms with Crippen molar-refractivity contribution in [3.8, 4) is 16.8 Å². The molecule has 0 bridgehead atoms. The van der Waals surface area contributed by atoms with Crippen molar-refractivity contribution < 1.29 is 4.79 Å². The lowest BCUT2D eigenvalue weighted by molar-refractivity contribution is 0.0963. The molecule has 1 amide bonds. The fourth-order valence-corrected chi connectivity index (χ4v) is 5.62. The summed E-state index contributed by atoms with van der Waals surface area (Å²) in [5.41, 5.74) is 3.00. The Morgan fingerprint density at radius 3 is 2.43 bits per heavy atom. The Morgan fingerprint density at radius 1 is 0.929 bits per heavy atom. The monoisotopic (exact) mass is 576 g/mol. The average Bonchev–Trinajstić information content (AvgIpc) is 3.02.